The SMILES string of the molecule is CCOc1ccc(CN2CCc3cc(C(C)NC(C)=O)ccc3C2)cc1Br. The Morgan fingerprint density at radius 1 is 1.26 bits per heavy atom. The second kappa shape index (κ2) is 8.89. The van der Waals surface area contributed by atoms with E-state index in [0.29, 0.717) is 6.61 Å². The van der Waals surface area contributed by atoms with E-state index in [1.807, 2.05) is 19.9 Å². The summed E-state index contributed by atoms with van der Waals surface area (Å²) in [6.07, 6.45) is 1.04. The Labute approximate surface area is 170 Å². The summed E-state index contributed by atoms with van der Waals surface area (Å²) in [5.74, 6) is 0.902. The van der Waals surface area contributed by atoms with E-state index in [-0.39, 0.29) is 11.9 Å². The van der Waals surface area contributed by atoms with Gasteiger partial charge in [-0.2, -0.15) is 0 Å². The Bertz CT molecular complexity index is 822. The lowest BCUT2D eigenvalue weighted by Gasteiger charge is -2.29. The molecule has 0 saturated heterocycles. The van der Waals surface area contributed by atoms with Gasteiger partial charge in [-0.1, -0.05) is 24.3 Å². The van der Waals surface area contributed by atoms with Gasteiger partial charge in [0, 0.05) is 26.6 Å². The van der Waals surface area contributed by atoms with Crippen molar-refractivity contribution in [3.05, 3.63) is 63.1 Å². The highest BCUT2D eigenvalue weighted by molar-refractivity contribution is 9.10. The third-order valence-electron chi connectivity index (χ3n) is 4.94. The molecule has 2 aromatic rings. The third-order valence-corrected chi connectivity index (χ3v) is 5.56. The van der Waals surface area contributed by atoms with Gasteiger partial charge in [0.2, 0.25) is 5.91 Å². The number of benzene rings is 2. The van der Waals surface area contributed by atoms with E-state index < -0.39 is 0 Å². The molecule has 0 aromatic heterocycles. The molecule has 5 heteroatoms. The van der Waals surface area contributed by atoms with Gasteiger partial charge in [-0.05, 0) is 70.6 Å². The minimum Gasteiger partial charge on any atom is -0.493 e. The summed E-state index contributed by atoms with van der Waals surface area (Å²) in [5, 5.41) is 2.96. The maximum Gasteiger partial charge on any atom is 0.217 e. The Morgan fingerprint density at radius 3 is 2.78 bits per heavy atom. The molecule has 0 spiro atoms. The summed E-state index contributed by atoms with van der Waals surface area (Å²) in [4.78, 5) is 13.8. The average molecular weight is 431 g/mol. The van der Waals surface area contributed by atoms with Crippen molar-refractivity contribution in [1.29, 1.82) is 0 Å². The maximum atomic E-state index is 11.3. The van der Waals surface area contributed by atoms with Crippen molar-refractivity contribution < 1.29 is 9.53 Å². The van der Waals surface area contributed by atoms with Crippen LogP contribution in [0.5, 0.6) is 5.75 Å². The molecule has 2 aromatic carbocycles. The number of carbonyl (C=O) groups excluding carboxylic acids is 1. The highest BCUT2D eigenvalue weighted by Gasteiger charge is 2.18. The molecule has 3 rings (SSSR count). The number of hydrogen-bond donors (Lipinski definition) is 1. The van der Waals surface area contributed by atoms with Gasteiger partial charge < -0.3 is 10.1 Å². The summed E-state index contributed by atoms with van der Waals surface area (Å²) < 4.78 is 6.61. The fourth-order valence-corrected chi connectivity index (χ4v) is 4.14. The lowest BCUT2D eigenvalue weighted by atomic mass is 9.95. The van der Waals surface area contributed by atoms with Crippen LogP contribution in [0.25, 0.3) is 0 Å². The van der Waals surface area contributed by atoms with E-state index in [1.54, 1.807) is 6.92 Å². The number of nitrogens with one attached hydrogen (secondary N) is 1. The molecule has 1 heterocycles. The van der Waals surface area contributed by atoms with E-state index >= 15 is 0 Å². The van der Waals surface area contributed by atoms with Crippen molar-refractivity contribution in [3.63, 3.8) is 0 Å². The van der Waals surface area contributed by atoms with Crippen molar-refractivity contribution in [2.24, 2.45) is 0 Å². The topological polar surface area (TPSA) is 41.6 Å². The first kappa shape index (κ1) is 19.9. The molecular weight excluding hydrogens is 404 g/mol. The van der Waals surface area contributed by atoms with E-state index in [0.717, 1.165) is 36.3 Å². The third kappa shape index (κ3) is 5.11. The largest absolute Gasteiger partial charge is 0.493 e. The Balaban J connectivity index is 1.66. The predicted octanol–water partition coefficient (Wildman–Crippen LogP) is 4.60. The van der Waals surface area contributed by atoms with Crippen molar-refractivity contribution in [2.75, 3.05) is 13.2 Å². The number of halogens is 1. The number of carbonyl (C=O) groups is 1. The van der Waals surface area contributed by atoms with Crippen molar-refractivity contribution in [2.45, 2.75) is 46.3 Å². The lowest BCUT2D eigenvalue weighted by Crippen LogP contribution is -2.30. The van der Waals surface area contributed by atoms with E-state index in [9.17, 15) is 4.79 Å². The van der Waals surface area contributed by atoms with Crippen molar-refractivity contribution >= 4 is 21.8 Å². The van der Waals surface area contributed by atoms with Crippen LogP contribution in [0.1, 0.15) is 49.1 Å². The molecule has 0 radical (unpaired) electrons. The van der Waals surface area contributed by atoms with Gasteiger partial charge in [-0.25, -0.2) is 0 Å². The van der Waals surface area contributed by atoms with Gasteiger partial charge in [-0.3, -0.25) is 9.69 Å². The molecule has 1 N–H and O–H groups in total. The molecule has 1 unspecified atom stereocenters. The van der Waals surface area contributed by atoms with Crippen LogP contribution in [0.15, 0.2) is 40.9 Å². The molecule has 0 aliphatic carbocycles. The van der Waals surface area contributed by atoms with E-state index in [1.165, 1.54) is 22.3 Å². The van der Waals surface area contributed by atoms with Gasteiger partial charge in [0.15, 0.2) is 0 Å². The van der Waals surface area contributed by atoms with Crippen LogP contribution in [0.2, 0.25) is 0 Å². The molecule has 0 fully saturated rings. The first-order valence-corrected chi connectivity index (χ1v) is 10.3. The Morgan fingerprint density at radius 2 is 2.07 bits per heavy atom. The number of ether oxygens (including phenoxy) is 1. The molecule has 0 saturated carbocycles. The minimum atomic E-state index is 0.00733. The van der Waals surface area contributed by atoms with Crippen LogP contribution in [0.3, 0.4) is 0 Å². The quantitative estimate of drug-likeness (QED) is 0.727. The molecule has 1 aliphatic heterocycles. The summed E-state index contributed by atoms with van der Waals surface area (Å²) in [6.45, 7) is 9.17. The second-order valence-electron chi connectivity index (χ2n) is 7.11. The number of amides is 1. The summed E-state index contributed by atoms with van der Waals surface area (Å²) >= 11 is 3.60. The zero-order valence-electron chi connectivity index (χ0n) is 16.2. The number of fused-ring (bicyclic) bond motifs is 1. The maximum absolute atomic E-state index is 11.3. The highest BCUT2D eigenvalue weighted by atomic mass is 79.9. The smallest absolute Gasteiger partial charge is 0.217 e. The summed E-state index contributed by atoms with van der Waals surface area (Å²) in [5.41, 5.74) is 5.23. The van der Waals surface area contributed by atoms with Crippen LogP contribution in [-0.2, 0) is 24.3 Å². The number of hydrogen-bond acceptors (Lipinski definition) is 3. The lowest BCUT2D eigenvalue weighted by molar-refractivity contribution is -0.119. The fraction of sp³-hybridized carbons (Fsp3) is 0.409. The Kier molecular flexibility index (Phi) is 6.55. The molecule has 1 atom stereocenters. The molecular formula is C22H27BrN2O2. The second-order valence-corrected chi connectivity index (χ2v) is 7.96. The molecule has 144 valence electrons. The standard InChI is InChI=1S/C22H27BrN2O2/c1-4-27-22-8-5-17(11-21(22)23)13-25-10-9-19-12-18(6-7-20(19)14-25)15(2)24-16(3)26/h5-8,11-12,15H,4,9-10,13-14H2,1-3H3,(H,24,26). The van der Waals surface area contributed by atoms with Gasteiger partial charge in [0.1, 0.15) is 5.75 Å². The van der Waals surface area contributed by atoms with Crippen LogP contribution >= 0.6 is 15.9 Å². The fourth-order valence-electron chi connectivity index (χ4n) is 3.60. The normalized spacial score (nSPS) is 15.1. The zero-order chi connectivity index (χ0) is 19.4. The highest BCUT2D eigenvalue weighted by Crippen LogP contribution is 2.28. The van der Waals surface area contributed by atoms with Crippen LogP contribution in [-0.4, -0.2) is 24.0 Å². The zero-order valence-corrected chi connectivity index (χ0v) is 17.8. The first-order valence-electron chi connectivity index (χ1n) is 9.48. The molecule has 1 amide bonds. The van der Waals surface area contributed by atoms with Crippen LogP contribution < -0.4 is 10.1 Å². The van der Waals surface area contributed by atoms with Crippen molar-refractivity contribution in [3.8, 4) is 5.75 Å². The van der Waals surface area contributed by atoms with Gasteiger partial charge >= 0.3 is 0 Å². The Hall–Kier alpha value is -1.85. The summed E-state index contributed by atoms with van der Waals surface area (Å²) in [6, 6.07) is 13.0. The first-order chi connectivity index (χ1) is 13.0. The number of nitrogens with zero attached hydrogens (tertiary/aromatic N) is 1. The molecule has 1 aliphatic rings. The molecule has 4 nitrogen and oxygen atoms in total. The van der Waals surface area contributed by atoms with Gasteiger partial charge in [0.05, 0.1) is 17.1 Å². The van der Waals surface area contributed by atoms with E-state index in [4.69, 9.17) is 4.74 Å². The van der Waals surface area contributed by atoms with E-state index in [2.05, 4.69) is 56.5 Å². The van der Waals surface area contributed by atoms with Crippen molar-refractivity contribution in [1.82, 2.24) is 10.2 Å². The van der Waals surface area contributed by atoms with Gasteiger partial charge in [-0.15, -0.1) is 0 Å². The molecule has 0 bridgehead atoms. The average Bonchev–Trinajstić information content (AvgIpc) is 2.63. The predicted molar refractivity (Wildman–Crippen MR) is 112 cm³/mol. The summed E-state index contributed by atoms with van der Waals surface area (Å²) in [7, 11) is 0. The van der Waals surface area contributed by atoms with Gasteiger partial charge in [0.25, 0.3) is 0 Å². The molecule has 27 heavy (non-hydrogen) atoms. The number of rotatable bonds is 6. The monoisotopic (exact) mass is 430 g/mol. The van der Waals surface area contributed by atoms with Crippen LogP contribution in [0, 0.1) is 0 Å². The minimum absolute atomic E-state index is 0.00733. The van der Waals surface area contributed by atoms with Crippen LogP contribution in [0.4, 0.5) is 0 Å².